The number of hydrogen-bond donors (Lipinski definition) is 0. The summed E-state index contributed by atoms with van der Waals surface area (Å²) in [6, 6.07) is 23.4. The molecule has 10 aliphatic carbocycles. The summed E-state index contributed by atoms with van der Waals surface area (Å²) < 4.78 is 24.6. The maximum absolute atomic E-state index is 13.1. The number of benzene rings is 4. The third-order valence-electron chi connectivity index (χ3n) is 18.3. The van der Waals surface area contributed by atoms with Crippen molar-refractivity contribution >= 4 is 22.7 Å². The normalized spacial score (nSPS) is 34.2. The third-order valence-corrected chi connectivity index (χ3v) is 18.3. The van der Waals surface area contributed by atoms with Crippen LogP contribution in [-0.2, 0) is 19.1 Å². The topological polar surface area (TPSA) is 71.1 Å². The minimum absolute atomic E-state index is 0.117. The number of allylic oxidation sites excluding steroid dienone is 4. The minimum atomic E-state index is -0.335. The molecule has 0 spiro atoms. The lowest BCUT2D eigenvalue weighted by Crippen LogP contribution is -2.30. The van der Waals surface area contributed by atoms with E-state index in [4.69, 9.17) is 18.9 Å². The molecule has 2 fully saturated rings. The standard InChI is InChI=1S/C54H52O6/c1-3-57-49(55)23-59-53-47-20-41-39-17-40(38-16-34-30-13-29(33(34)15-37(38)39)25-9-5-6-10-26(25)30)42(41)21-48(47)54(60-24-50(56)58-4-2)52-46-22-45(51(52)53)43-18-35-31-14-32(36(35)19-44(43)46)28-12-8-7-11-27(28)31/h5-12,20-21,29-32,37-40,43-46H,3-4,13-19,22-24H2,1-2H3/t29-,30+,31+,32-,37-,38+,39-,40+,43+,44-,45+,46-. The fourth-order valence-electron chi connectivity index (χ4n) is 16.5. The van der Waals surface area contributed by atoms with Crippen molar-refractivity contribution in [3.63, 3.8) is 0 Å². The molecule has 12 atom stereocenters. The molecule has 6 heteroatoms. The average Bonchev–Trinajstić information content (AvgIpc) is 4.15. The summed E-state index contributed by atoms with van der Waals surface area (Å²) in [6.07, 6.45) is 9.54. The van der Waals surface area contributed by atoms with E-state index in [1.54, 1.807) is 44.5 Å². The molecule has 8 bridgehead atoms. The van der Waals surface area contributed by atoms with Crippen LogP contribution in [-0.4, -0.2) is 38.4 Å². The summed E-state index contributed by atoms with van der Waals surface area (Å²) in [6.45, 7) is 4.12. The van der Waals surface area contributed by atoms with Crippen LogP contribution in [0.5, 0.6) is 11.5 Å². The second-order valence-electron chi connectivity index (χ2n) is 20.1. The molecule has 60 heavy (non-hydrogen) atoms. The number of rotatable bonds is 8. The first-order valence-corrected chi connectivity index (χ1v) is 23.3. The number of carbonyl (C=O) groups is 2. The van der Waals surface area contributed by atoms with Gasteiger partial charge in [0.15, 0.2) is 13.2 Å². The molecule has 4 aromatic rings. The van der Waals surface area contributed by atoms with Crippen LogP contribution in [0.15, 0.2) is 83.0 Å². The van der Waals surface area contributed by atoms with Crippen molar-refractivity contribution in [2.45, 2.75) is 113 Å². The molecule has 14 rings (SSSR count). The van der Waals surface area contributed by atoms with Gasteiger partial charge in [-0.2, -0.15) is 0 Å². The van der Waals surface area contributed by atoms with Crippen LogP contribution in [0, 0.1) is 23.7 Å². The van der Waals surface area contributed by atoms with E-state index in [0.29, 0.717) is 84.2 Å². The first-order valence-electron chi connectivity index (χ1n) is 23.3. The quantitative estimate of drug-likeness (QED) is 0.131. The predicted octanol–water partition coefficient (Wildman–Crippen LogP) is 11.1. The highest BCUT2D eigenvalue weighted by atomic mass is 16.6. The fourth-order valence-corrected chi connectivity index (χ4v) is 16.5. The summed E-state index contributed by atoms with van der Waals surface area (Å²) in [5.74, 6) is 7.42. The molecular weight excluding hydrogens is 745 g/mol. The molecule has 304 valence electrons. The van der Waals surface area contributed by atoms with Crippen LogP contribution in [0.3, 0.4) is 0 Å². The second kappa shape index (κ2) is 12.4. The summed E-state index contributed by atoms with van der Waals surface area (Å²) in [4.78, 5) is 26.2. The number of esters is 2. The van der Waals surface area contributed by atoms with Gasteiger partial charge in [-0.1, -0.05) is 70.8 Å². The van der Waals surface area contributed by atoms with E-state index < -0.39 is 0 Å². The third kappa shape index (κ3) is 4.41. The summed E-state index contributed by atoms with van der Waals surface area (Å²) in [5, 5.41) is 2.08. The van der Waals surface area contributed by atoms with E-state index in [0.717, 1.165) is 41.5 Å². The molecule has 0 N–H and O–H groups in total. The minimum Gasteiger partial charge on any atom is -0.481 e. The van der Waals surface area contributed by atoms with Gasteiger partial charge >= 0.3 is 11.9 Å². The van der Waals surface area contributed by atoms with Crippen LogP contribution >= 0.6 is 0 Å². The molecule has 0 unspecified atom stereocenters. The highest BCUT2D eigenvalue weighted by molar-refractivity contribution is 5.99. The molecule has 0 radical (unpaired) electrons. The van der Waals surface area contributed by atoms with E-state index in [1.807, 2.05) is 13.8 Å². The van der Waals surface area contributed by atoms with E-state index in [-0.39, 0.29) is 25.2 Å². The highest BCUT2D eigenvalue weighted by Crippen LogP contribution is 2.74. The zero-order valence-electron chi connectivity index (χ0n) is 34.6. The number of ether oxygens (including phenoxy) is 4. The monoisotopic (exact) mass is 796 g/mol. The molecule has 6 nitrogen and oxygen atoms in total. The van der Waals surface area contributed by atoms with Crippen LogP contribution in [0.25, 0.3) is 10.8 Å². The van der Waals surface area contributed by atoms with Gasteiger partial charge in [0, 0.05) is 45.6 Å². The van der Waals surface area contributed by atoms with E-state index in [1.165, 1.54) is 54.4 Å². The van der Waals surface area contributed by atoms with Crippen molar-refractivity contribution in [2.24, 2.45) is 23.7 Å². The molecule has 0 aromatic heterocycles. The Labute approximate surface area is 351 Å². The molecule has 0 aliphatic heterocycles. The smallest absolute Gasteiger partial charge is 0.344 e. The van der Waals surface area contributed by atoms with Gasteiger partial charge < -0.3 is 18.9 Å². The van der Waals surface area contributed by atoms with Gasteiger partial charge in [-0.3, -0.25) is 0 Å². The molecule has 2 saturated carbocycles. The van der Waals surface area contributed by atoms with Crippen molar-refractivity contribution in [1.82, 2.24) is 0 Å². The molecule has 4 aromatic carbocycles. The van der Waals surface area contributed by atoms with Crippen molar-refractivity contribution in [3.05, 3.63) is 127 Å². The first kappa shape index (κ1) is 34.8. The van der Waals surface area contributed by atoms with Gasteiger partial charge in [-0.05, 0) is 158 Å². The molecule has 0 amide bonds. The van der Waals surface area contributed by atoms with E-state index in [9.17, 15) is 9.59 Å². The van der Waals surface area contributed by atoms with Crippen molar-refractivity contribution < 1.29 is 28.5 Å². The molecular formula is C54H52O6. The first-order chi connectivity index (χ1) is 29.5. The van der Waals surface area contributed by atoms with Gasteiger partial charge in [0.1, 0.15) is 11.5 Å². The SMILES string of the molecule is CCOC(=O)COc1c2c(c(OCC(=O)OCC)c3cc4c(cc13)[C@@H]1C[C@H]4[C@H]3CC4=C(C[C@H]31)[C@@H]1C[C@H]4c3ccccc31)[C@@H]1C[C@H]2[C@H]2CC3=C(C[C@H]21)[C@@H]1C[C@H]3c2ccccc21. The van der Waals surface area contributed by atoms with Gasteiger partial charge in [-0.25, -0.2) is 9.59 Å². The fraction of sp³-hybridized carbons (Fsp3) is 0.481. The van der Waals surface area contributed by atoms with Crippen molar-refractivity contribution in [1.29, 1.82) is 0 Å². The lowest BCUT2D eigenvalue weighted by atomic mass is 9.63. The summed E-state index contributed by atoms with van der Waals surface area (Å²) in [5.41, 5.74) is 18.7. The Hall–Kier alpha value is -4.84. The Morgan fingerprint density at radius 1 is 0.483 bits per heavy atom. The van der Waals surface area contributed by atoms with E-state index in [2.05, 4.69) is 60.7 Å². The summed E-state index contributed by atoms with van der Waals surface area (Å²) >= 11 is 0. The van der Waals surface area contributed by atoms with Crippen LogP contribution in [0.1, 0.15) is 157 Å². The Bertz CT molecular complexity index is 2510. The van der Waals surface area contributed by atoms with E-state index >= 15 is 0 Å². The molecule has 0 heterocycles. The van der Waals surface area contributed by atoms with Gasteiger partial charge in [0.25, 0.3) is 0 Å². The second-order valence-corrected chi connectivity index (χ2v) is 20.1. The number of fused-ring (bicyclic) bond motifs is 31. The number of carbonyl (C=O) groups excluding carboxylic acids is 2. The van der Waals surface area contributed by atoms with Gasteiger partial charge in [0.2, 0.25) is 0 Å². The largest absolute Gasteiger partial charge is 0.481 e. The predicted molar refractivity (Wildman–Crippen MR) is 228 cm³/mol. The Morgan fingerprint density at radius 3 is 1.20 bits per heavy atom. The zero-order valence-corrected chi connectivity index (χ0v) is 34.6. The zero-order chi connectivity index (χ0) is 39.7. The number of hydrogen-bond acceptors (Lipinski definition) is 6. The van der Waals surface area contributed by atoms with Gasteiger partial charge in [0.05, 0.1) is 13.2 Å². The Morgan fingerprint density at radius 2 is 0.833 bits per heavy atom. The van der Waals surface area contributed by atoms with Crippen molar-refractivity contribution in [2.75, 3.05) is 26.4 Å². The van der Waals surface area contributed by atoms with Gasteiger partial charge in [-0.15, -0.1) is 0 Å². The average molecular weight is 797 g/mol. The molecule has 10 aliphatic rings. The van der Waals surface area contributed by atoms with Crippen LogP contribution < -0.4 is 9.47 Å². The lowest BCUT2D eigenvalue weighted by molar-refractivity contribution is -0.146. The lowest BCUT2D eigenvalue weighted by Gasteiger charge is -2.42. The maximum Gasteiger partial charge on any atom is 0.344 e. The Kier molecular flexibility index (Phi) is 7.19. The molecule has 0 saturated heterocycles. The van der Waals surface area contributed by atoms with Crippen molar-refractivity contribution in [3.8, 4) is 11.5 Å². The maximum atomic E-state index is 13.1. The Balaban J connectivity index is 0.896. The summed E-state index contributed by atoms with van der Waals surface area (Å²) in [7, 11) is 0. The highest BCUT2D eigenvalue weighted by Gasteiger charge is 2.60. The van der Waals surface area contributed by atoms with Crippen LogP contribution in [0.4, 0.5) is 0 Å². The van der Waals surface area contributed by atoms with Crippen LogP contribution in [0.2, 0.25) is 0 Å².